The minimum absolute atomic E-state index is 0.0656. The lowest BCUT2D eigenvalue weighted by molar-refractivity contribution is -0.385. The van der Waals surface area contributed by atoms with Gasteiger partial charge in [-0.15, -0.1) is 0 Å². The van der Waals surface area contributed by atoms with E-state index in [0.29, 0.717) is 17.2 Å². The van der Waals surface area contributed by atoms with E-state index in [2.05, 4.69) is 15.2 Å². The molecule has 0 aliphatic rings. The smallest absolute Gasteiger partial charge is 0.270 e. The van der Waals surface area contributed by atoms with Crippen molar-refractivity contribution >= 4 is 32.8 Å². The summed E-state index contributed by atoms with van der Waals surface area (Å²) >= 11 is 0. The lowest BCUT2D eigenvalue weighted by Crippen LogP contribution is -2.16. The summed E-state index contributed by atoms with van der Waals surface area (Å²) in [6, 6.07) is 17.0. The Morgan fingerprint density at radius 1 is 0.970 bits per heavy atom. The third-order valence-electron chi connectivity index (χ3n) is 4.67. The maximum absolute atomic E-state index is 13.2. The topological polar surface area (TPSA) is 132 Å². The molecule has 0 bridgehead atoms. The molecule has 3 aromatic carbocycles. The normalized spacial score (nSPS) is 11.5. The first-order valence-electron chi connectivity index (χ1n) is 9.64. The van der Waals surface area contributed by atoms with E-state index in [4.69, 9.17) is 9.47 Å². The molecule has 2 N–H and O–H groups in total. The average molecular weight is 471 g/mol. The van der Waals surface area contributed by atoms with Crippen LogP contribution in [0.25, 0.3) is 0 Å². The van der Waals surface area contributed by atoms with Gasteiger partial charge in [0.15, 0.2) is 0 Å². The molecular weight excluding hydrogens is 448 g/mol. The number of nitro groups is 1. The van der Waals surface area contributed by atoms with Crippen molar-refractivity contribution in [3.8, 4) is 11.5 Å². The summed E-state index contributed by atoms with van der Waals surface area (Å²) in [7, 11) is -1.27. The highest BCUT2D eigenvalue weighted by atomic mass is 32.2. The first-order valence-corrected chi connectivity index (χ1v) is 11.1. The van der Waals surface area contributed by atoms with Gasteiger partial charge in [-0.3, -0.25) is 20.3 Å². The molecule has 0 fully saturated rings. The third-order valence-corrected chi connectivity index (χ3v) is 6.07. The number of hydrazone groups is 1. The highest BCUT2D eigenvalue weighted by Gasteiger charge is 2.24. The van der Waals surface area contributed by atoms with Gasteiger partial charge >= 0.3 is 0 Å². The molecule has 0 atom stereocenters. The van der Waals surface area contributed by atoms with Gasteiger partial charge in [-0.2, -0.15) is 5.10 Å². The summed E-state index contributed by atoms with van der Waals surface area (Å²) < 4.78 is 39.0. The molecule has 0 heterocycles. The Morgan fingerprint density at radius 3 is 2.30 bits per heavy atom. The molecule has 172 valence electrons. The molecule has 3 aromatic rings. The van der Waals surface area contributed by atoms with E-state index in [9.17, 15) is 18.5 Å². The number of nitro benzene ring substituents is 1. The minimum atomic E-state index is -4.24. The maximum Gasteiger partial charge on any atom is 0.270 e. The van der Waals surface area contributed by atoms with E-state index in [1.165, 1.54) is 25.3 Å². The molecule has 0 amide bonds. The first kappa shape index (κ1) is 23.5. The zero-order valence-electron chi connectivity index (χ0n) is 18.1. The van der Waals surface area contributed by atoms with Crippen LogP contribution in [0.3, 0.4) is 0 Å². The first-order chi connectivity index (χ1) is 15.7. The number of sulfonamides is 1. The molecule has 0 aromatic heterocycles. The van der Waals surface area contributed by atoms with E-state index in [1.54, 1.807) is 56.5 Å². The Labute approximate surface area is 191 Å². The predicted molar refractivity (Wildman–Crippen MR) is 126 cm³/mol. The number of hydrogen-bond donors (Lipinski definition) is 2. The Bertz CT molecular complexity index is 1290. The molecule has 0 saturated heterocycles. The van der Waals surface area contributed by atoms with Crippen molar-refractivity contribution in [1.29, 1.82) is 0 Å². The number of ether oxygens (including phenoxy) is 2. The SMILES string of the molecule is COc1ccc(/C(C)=N\Nc2ccc([N+](=O)[O-])cc2S(=O)(=O)Nc2ccccc2OC)cc1. The van der Waals surface area contributed by atoms with Crippen LogP contribution in [-0.2, 0) is 10.0 Å². The molecule has 0 radical (unpaired) electrons. The zero-order chi connectivity index (χ0) is 24.0. The van der Waals surface area contributed by atoms with Gasteiger partial charge in [-0.1, -0.05) is 12.1 Å². The van der Waals surface area contributed by atoms with Gasteiger partial charge in [-0.25, -0.2) is 8.42 Å². The molecule has 0 saturated carbocycles. The summed E-state index contributed by atoms with van der Waals surface area (Å²) in [6.45, 7) is 1.74. The van der Waals surface area contributed by atoms with E-state index in [-0.39, 0.29) is 22.0 Å². The highest BCUT2D eigenvalue weighted by molar-refractivity contribution is 7.93. The summed E-state index contributed by atoms with van der Waals surface area (Å²) in [5, 5.41) is 15.5. The maximum atomic E-state index is 13.2. The standard InChI is InChI=1S/C22H22N4O6S/c1-15(16-8-11-18(31-2)12-9-16)23-24-20-13-10-17(26(27)28)14-22(20)33(29,30)25-19-6-4-5-7-21(19)32-3/h4-14,24-25H,1-3H3/b23-15-. The number of hydrogen-bond acceptors (Lipinski definition) is 8. The minimum Gasteiger partial charge on any atom is -0.497 e. The average Bonchev–Trinajstić information content (AvgIpc) is 2.82. The third kappa shape index (κ3) is 5.57. The Hall–Kier alpha value is -4.12. The lowest BCUT2D eigenvalue weighted by atomic mass is 10.1. The van der Waals surface area contributed by atoms with Gasteiger partial charge in [0.25, 0.3) is 15.7 Å². The fourth-order valence-electron chi connectivity index (χ4n) is 2.91. The second kappa shape index (κ2) is 10.0. The number of benzene rings is 3. The second-order valence-electron chi connectivity index (χ2n) is 6.78. The van der Waals surface area contributed by atoms with Crippen LogP contribution in [0.15, 0.2) is 76.7 Å². The number of non-ortho nitro benzene ring substituents is 1. The lowest BCUT2D eigenvalue weighted by Gasteiger charge is -2.14. The number of rotatable bonds is 9. The van der Waals surface area contributed by atoms with Gasteiger partial charge < -0.3 is 9.47 Å². The van der Waals surface area contributed by atoms with Crippen molar-refractivity contribution in [3.05, 3.63) is 82.4 Å². The second-order valence-corrected chi connectivity index (χ2v) is 8.43. The number of anilines is 2. The summed E-state index contributed by atoms with van der Waals surface area (Å²) in [5.41, 5.74) is 3.93. The van der Waals surface area contributed by atoms with E-state index >= 15 is 0 Å². The van der Waals surface area contributed by atoms with Gasteiger partial charge in [0, 0.05) is 12.1 Å². The fourth-order valence-corrected chi connectivity index (χ4v) is 4.16. The molecule has 0 aliphatic carbocycles. The number of nitrogens with one attached hydrogen (secondary N) is 2. The van der Waals surface area contributed by atoms with E-state index < -0.39 is 14.9 Å². The zero-order valence-corrected chi connectivity index (χ0v) is 18.9. The van der Waals surface area contributed by atoms with Crippen LogP contribution >= 0.6 is 0 Å². The van der Waals surface area contributed by atoms with E-state index in [0.717, 1.165) is 11.6 Å². The van der Waals surface area contributed by atoms with E-state index in [1.807, 2.05) is 0 Å². The van der Waals surface area contributed by atoms with Gasteiger partial charge in [0.05, 0.1) is 36.2 Å². The molecule has 3 rings (SSSR count). The molecule has 10 nitrogen and oxygen atoms in total. The van der Waals surface area contributed by atoms with Crippen LogP contribution in [0, 0.1) is 10.1 Å². The molecule has 0 spiro atoms. The van der Waals surface area contributed by atoms with Crippen molar-refractivity contribution < 1.29 is 22.8 Å². The molecule has 0 unspecified atom stereocenters. The number of methoxy groups -OCH3 is 2. The van der Waals surface area contributed by atoms with Gasteiger partial charge in [0.2, 0.25) is 0 Å². The highest BCUT2D eigenvalue weighted by Crippen LogP contribution is 2.31. The van der Waals surface area contributed by atoms with Crippen molar-refractivity contribution in [1.82, 2.24) is 0 Å². The Balaban J connectivity index is 1.98. The van der Waals surface area contributed by atoms with Crippen molar-refractivity contribution in [3.63, 3.8) is 0 Å². The number of nitrogens with zero attached hydrogens (tertiary/aromatic N) is 2. The van der Waals surface area contributed by atoms with Crippen LogP contribution in [0.1, 0.15) is 12.5 Å². The Morgan fingerprint density at radius 2 is 1.67 bits per heavy atom. The molecule has 11 heteroatoms. The van der Waals surface area contributed by atoms with Crippen LogP contribution < -0.4 is 19.6 Å². The van der Waals surface area contributed by atoms with Crippen LogP contribution in [0.5, 0.6) is 11.5 Å². The largest absolute Gasteiger partial charge is 0.497 e. The van der Waals surface area contributed by atoms with Gasteiger partial charge in [0.1, 0.15) is 16.4 Å². The Kier molecular flexibility index (Phi) is 7.13. The van der Waals surface area contributed by atoms with Crippen LogP contribution in [0.4, 0.5) is 17.1 Å². The van der Waals surface area contributed by atoms with Crippen molar-refractivity contribution in [2.24, 2.45) is 5.10 Å². The quantitative estimate of drug-likeness (QED) is 0.271. The van der Waals surface area contributed by atoms with Crippen molar-refractivity contribution in [2.75, 3.05) is 24.4 Å². The monoisotopic (exact) mass is 470 g/mol. The van der Waals surface area contributed by atoms with Gasteiger partial charge in [-0.05, 0) is 55.0 Å². The number of para-hydroxylation sites is 2. The van der Waals surface area contributed by atoms with Crippen molar-refractivity contribution in [2.45, 2.75) is 11.8 Å². The summed E-state index contributed by atoms with van der Waals surface area (Å²) in [6.07, 6.45) is 0. The van der Waals surface area contributed by atoms with Crippen LogP contribution in [0.2, 0.25) is 0 Å². The molecule has 33 heavy (non-hydrogen) atoms. The summed E-state index contributed by atoms with van der Waals surface area (Å²) in [4.78, 5) is 10.3. The summed E-state index contributed by atoms with van der Waals surface area (Å²) in [5.74, 6) is 0.986. The predicted octanol–water partition coefficient (Wildman–Crippen LogP) is 4.25. The molecular formula is C22H22N4O6S. The fraction of sp³-hybridized carbons (Fsp3) is 0.136. The van der Waals surface area contributed by atoms with Crippen LogP contribution in [-0.4, -0.2) is 33.3 Å². The molecule has 0 aliphatic heterocycles.